The number of aromatic nitrogens is 3. The number of carbonyl (C=O) groups is 1. The summed E-state index contributed by atoms with van der Waals surface area (Å²) >= 11 is 0. The molecule has 0 bridgehead atoms. The highest BCUT2D eigenvalue weighted by molar-refractivity contribution is 5.94. The second-order valence-corrected chi connectivity index (χ2v) is 9.86. The maximum Gasteiger partial charge on any atom is 0.573 e. The summed E-state index contributed by atoms with van der Waals surface area (Å²) in [6.45, 7) is 6.60. The molecule has 2 aliphatic heterocycles. The van der Waals surface area contributed by atoms with Crippen molar-refractivity contribution >= 4 is 17.1 Å². The normalized spacial score (nSPS) is 21.0. The van der Waals surface area contributed by atoms with Crippen molar-refractivity contribution in [3.8, 4) is 5.75 Å². The van der Waals surface area contributed by atoms with Crippen molar-refractivity contribution in [2.45, 2.75) is 50.7 Å². The first-order chi connectivity index (χ1) is 17.1. The molecule has 0 spiro atoms. The standard InChI is InChI=1S/C25H28F3N5O3/c1-24(2)14-29-13-19(36-24)21-31-20-18(7-10-30-22(20)32-21)15-8-11-33(12-9-15)23(34)16-3-5-17(6-4-16)35-25(26,27)28/h3-7,10,15,19,29H,8-9,11-14H2,1-2H3,(H,30,31,32)/t19-/m0/s1. The van der Waals surface area contributed by atoms with Crippen LogP contribution in [0.15, 0.2) is 36.5 Å². The van der Waals surface area contributed by atoms with Gasteiger partial charge in [-0.15, -0.1) is 13.2 Å². The average Bonchev–Trinajstić information content (AvgIpc) is 3.27. The quantitative estimate of drug-likeness (QED) is 0.551. The minimum absolute atomic E-state index is 0.191. The van der Waals surface area contributed by atoms with Gasteiger partial charge in [-0.2, -0.15) is 0 Å². The molecule has 0 unspecified atom stereocenters. The van der Waals surface area contributed by atoms with Gasteiger partial charge in [-0.05, 0) is 68.5 Å². The summed E-state index contributed by atoms with van der Waals surface area (Å²) in [5, 5.41) is 3.39. The Morgan fingerprint density at radius 3 is 2.56 bits per heavy atom. The summed E-state index contributed by atoms with van der Waals surface area (Å²) in [5.41, 5.74) is 2.70. The van der Waals surface area contributed by atoms with E-state index in [0.29, 0.717) is 30.8 Å². The molecule has 36 heavy (non-hydrogen) atoms. The fourth-order valence-electron chi connectivity index (χ4n) is 4.94. The Kier molecular flexibility index (Phi) is 6.37. The van der Waals surface area contributed by atoms with E-state index in [-0.39, 0.29) is 29.3 Å². The number of hydrogen-bond donors (Lipinski definition) is 2. The number of nitrogens with zero attached hydrogens (tertiary/aromatic N) is 3. The van der Waals surface area contributed by atoms with Gasteiger partial charge in [0, 0.05) is 37.9 Å². The number of rotatable bonds is 4. The highest BCUT2D eigenvalue weighted by Gasteiger charge is 2.33. The number of carbonyl (C=O) groups excluding carboxylic acids is 1. The maximum atomic E-state index is 12.9. The van der Waals surface area contributed by atoms with Gasteiger partial charge in [0.1, 0.15) is 17.7 Å². The lowest BCUT2D eigenvalue weighted by Gasteiger charge is -2.35. The summed E-state index contributed by atoms with van der Waals surface area (Å²) in [4.78, 5) is 27.2. The summed E-state index contributed by atoms with van der Waals surface area (Å²) < 4.78 is 47.2. The Hall–Kier alpha value is -3.18. The molecule has 2 fully saturated rings. The number of imidazole rings is 1. The first-order valence-corrected chi connectivity index (χ1v) is 12.0. The molecule has 0 radical (unpaired) electrons. The number of amides is 1. The van der Waals surface area contributed by atoms with Gasteiger partial charge < -0.3 is 24.7 Å². The van der Waals surface area contributed by atoms with Gasteiger partial charge in [0.2, 0.25) is 0 Å². The number of benzene rings is 1. The third kappa shape index (κ3) is 5.31. The molecule has 2 N–H and O–H groups in total. The lowest BCUT2D eigenvalue weighted by atomic mass is 9.89. The molecule has 2 saturated heterocycles. The summed E-state index contributed by atoms with van der Waals surface area (Å²) in [6, 6.07) is 7.03. The third-order valence-corrected chi connectivity index (χ3v) is 6.65. The largest absolute Gasteiger partial charge is 0.573 e. The van der Waals surface area contributed by atoms with Gasteiger partial charge in [-0.3, -0.25) is 4.79 Å². The van der Waals surface area contributed by atoms with Crippen LogP contribution in [-0.4, -0.2) is 63.9 Å². The highest BCUT2D eigenvalue weighted by atomic mass is 19.4. The molecule has 3 aromatic rings. The van der Waals surface area contributed by atoms with E-state index in [2.05, 4.69) is 20.0 Å². The van der Waals surface area contributed by atoms with Crippen LogP contribution in [0.4, 0.5) is 13.2 Å². The Balaban J connectivity index is 1.26. The number of alkyl halides is 3. The molecule has 2 aliphatic rings. The van der Waals surface area contributed by atoms with Crippen molar-refractivity contribution in [3.05, 3.63) is 53.5 Å². The fraction of sp³-hybridized carbons (Fsp3) is 0.480. The summed E-state index contributed by atoms with van der Waals surface area (Å²) in [5.74, 6) is 0.407. The Morgan fingerprint density at radius 2 is 1.89 bits per heavy atom. The van der Waals surface area contributed by atoms with Gasteiger partial charge in [0.25, 0.3) is 5.91 Å². The first-order valence-electron chi connectivity index (χ1n) is 12.0. The molecule has 0 aliphatic carbocycles. The van der Waals surface area contributed by atoms with Crippen LogP contribution in [0.5, 0.6) is 5.75 Å². The minimum Gasteiger partial charge on any atom is -0.406 e. The second kappa shape index (κ2) is 9.36. The predicted molar refractivity (Wildman–Crippen MR) is 126 cm³/mol. The molecule has 0 saturated carbocycles. The van der Waals surface area contributed by atoms with E-state index in [0.717, 1.165) is 48.4 Å². The Bertz CT molecular complexity index is 1230. The molecule has 2 aromatic heterocycles. The number of piperidine rings is 1. The van der Waals surface area contributed by atoms with Crippen molar-refractivity contribution in [2.24, 2.45) is 0 Å². The number of likely N-dealkylation sites (tertiary alicyclic amines) is 1. The summed E-state index contributed by atoms with van der Waals surface area (Å²) in [7, 11) is 0. The number of H-pyrrole nitrogens is 1. The van der Waals surface area contributed by atoms with Crippen molar-refractivity contribution in [1.82, 2.24) is 25.2 Å². The first kappa shape index (κ1) is 24.5. The SMILES string of the molecule is CC1(C)CNC[C@@H](c2nc3nccc(C4CCN(C(=O)c5ccc(OC(F)(F)F)cc5)CC4)c3[nH]2)O1. The van der Waals surface area contributed by atoms with Crippen molar-refractivity contribution in [3.63, 3.8) is 0 Å². The molecule has 1 aromatic carbocycles. The number of aromatic amines is 1. The third-order valence-electron chi connectivity index (χ3n) is 6.65. The fourth-order valence-corrected chi connectivity index (χ4v) is 4.94. The monoisotopic (exact) mass is 503 g/mol. The van der Waals surface area contributed by atoms with Crippen LogP contribution in [0, 0.1) is 0 Å². The van der Waals surface area contributed by atoms with Crippen molar-refractivity contribution in [1.29, 1.82) is 0 Å². The van der Waals surface area contributed by atoms with E-state index in [1.54, 1.807) is 11.1 Å². The van der Waals surface area contributed by atoms with Crippen LogP contribution < -0.4 is 10.1 Å². The molecule has 11 heteroatoms. The number of fused-ring (bicyclic) bond motifs is 1. The Morgan fingerprint density at radius 1 is 1.17 bits per heavy atom. The molecule has 5 rings (SSSR count). The van der Waals surface area contributed by atoms with E-state index in [1.807, 2.05) is 19.9 Å². The van der Waals surface area contributed by atoms with Gasteiger partial charge >= 0.3 is 6.36 Å². The lowest BCUT2D eigenvalue weighted by molar-refractivity contribution is -0.274. The molecular weight excluding hydrogens is 475 g/mol. The smallest absolute Gasteiger partial charge is 0.406 e. The van der Waals surface area contributed by atoms with Crippen LogP contribution in [0.25, 0.3) is 11.2 Å². The highest BCUT2D eigenvalue weighted by Crippen LogP contribution is 2.34. The average molecular weight is 504 g/mol. The van der Waals surface area contributed by atoms with Crippen LogP contribution in [0.2, 0.25) is 0 Å². The molecule has 8 nitrogen and oxygen atoms in total. The number of ether oxygens (including phenoxy) is 2. The van der Waals surface area contributed by atoms with Crippen LogP contribution in [0.3, 0.4) is 0 Å². The van der Waals surface area contributed by atoms with Crippen LogP contribution >= 0.6 is 0 Å². The minimum atomic E-state index is -4.77. The number of pyridine rings is 1. The van der Waals surface area contributed by atoms with E-state index in [1.165, 1.54) is 12.1 Å². The predicted octanol–water partition coefficient (Wildman–Crippen LogP) is 4.32. The van der Waals surface area contributed by atoms with Crippen LogP contribution in [0.1, 0.15) is 60.5 Å². The van der Waals surface area contributed by atoms with Gasteiger partial charge in [0.15, 0.2) is 5.65 Å². The number of morpholine rings is 1. The number of hydrogen-bond acceptors (Lipinski definition) is 6. The van der Waals surface area contributed by atoms with Gasteiger partial charge in [0.05, 0.1) is 11.1 Å². The summed E-state index contributed by atoms with van der Waals surface area (Å²) in [6.07, 6.45) is -1.69. The zero-order valence-corrected chi connectivity index (χ0v) is 20.1. The van der Waals surface area contributed by atoms with E-state index < -0.39 is 6.36 Å². The van der Waals surface area contributed by atoms with Gasteiger partial charge in [-0.1, -0.05) is 0 Å². The Labute approximate surface area is 206 Å². The number of halogens is 3. The molecule has 192 valence electrons. The molecular formula is C25H28F3N5O3. The van der Waals surface area contributed by atoms with Crippen LogP contribution in [-0.2, 0) is 4.74 Å². The van der Waals surface area contributed by atoms with E-state index in [4.69, 9.17) is 9.72 Å². The zero-order valence-electron chi connectivity index (χ0n) is 20.1. The van der Waals surface area contributed by atoms with E-state index in [9.17, 15) is 18.0 Å². The lowest BCUT2D eigenvalue weighted by Crippen LogP contribution is -2.47. The van der Waals surface area contributed by atoms with Gasteiger partial charge in [-0.25, -0.2) is 9.97 Å². The molecule has 1 amide bonds. The molecule has 1 atom stereocenters. The number of nitrogens with one attached hydrogen (secondary N) is 2. The second-order valence-electron chi connectivity index (χ2n) is 9.86. The van der Waals surface area contributed by atoms with Crippen molar-refractivity contribution in [2.75, 3.05) is 26.2 Å². The topological polar surface area (TPSA) is 92.4 Å². The maximum absolute atomic E-state index is 12.9. The van der Waals surface area contributed by atoms with E-state index >= 15 is 0 Å². The molecule has 4 heterocycles. The van der Waals surface area contributed by atoms with Crippen molar-refractivity contribution < 1.29 is 27.4 Å². The zero-order chi connectivity index (χ0) is 25.5.